The van der Waals surface area contributed by atoms with E-state index in [1.165, 1.54) is 6.07 Å². The molecule has 5 nitrogen and oxygen atoms in total. The molecule has 0 saturated carbocycles. The maximum absolute atomic E-state index is 11.1. The van der Waals surface area contributed by atoms with Gasteiger partial charge in [-0.1, -0.05) is 23.8 Å². The standard InChI is InChI=1S/C15H13N3O2/c1-9-4-3-5-11(6-9)13-7-10(2)16-14-8-12(15(19)20)17-18(13)14/h3-8H,1-2H3,(H,19,20). The first-order valence-corrected chi connectivity index (χ1v) is 6.22. The number of carbonyl (C=O) groups is 1. The van der Waals surface area contributed by atoms with Gasteiger partial charge in [-0.15, -0.1) is 0 Å². The van der Waals surface area contributed by atoms with Crippen LogP contribution in [0.25, 0.3) is 16.9 Å². The van der Waals surface area contributed by atoms with Gasteiger partial charge in [0.25, 0.3) is 0 Å². The zero-order valence-electron chi connectivity index (χ0n) is 11.2. The van der Waals surface area contributed by atoms with Crippen LogP contribution in [0.3, 0.4) is 0 Å². The molecule has 0 spiro atoms. The summed E-state index contributed by atoms with van der Waals surface area (Å²) in [6.45, 7) is 3.90. The number of carboxylic acid groups (broad SMARTS) is 1. The van der Waals surface area contributed by atoms with E-state index in [0.29, 0.717) is 5.65 Å². The Hall–Kier alpha value is -2.69. The molecule has 1 N–H and O–H groups in total. The number of hydrogen-bond donors (Lipinski definition) is 1. The number of hydrogen-bond acceptors (Lipinski definition) is 3. The Morgan fingerprint density at radius 2 is 2.00 bits per heavy atom. The van der Waals surface area contributed by atoms with Crippen LogP contribution in [0.15, 0.2) is 36.4 Å². The largest absolute Gasteiger partial charge is 0.476 e. The zero-order chi connectivity index (χ0) is 14.3. The maximum atomic E-state index is 11.1. The molecule has 0 aliphatic heterocycles. The van der Waals surface area contributed by atoms with Gasteiger partial charge in [0.15, 0.2) is 11.3 Å². The lowest BCUT2D eigenvalue weighted by Gasteiger charge is -2.07. The molecule has 5 heteroatoms. The average molecular weight is 267 g/mol. The van der Waals surface area contributed by atoms with E-state index in [0.717, 1.165) is 22.5 Å². The van der Waals surface area contributed by atoms with Crippen LogP contribution >= 0.6 is 0 Å². The van der Waals surface area contributed by atoms with Crippen LogP contribution in [0, 0.1) is 13.8 Å². The minimum Gasteiger partial charge on any atom is -0.476 e. The van der Waals surface area contributed by atoms with Crippen molar-refractivity contribution < 1.29 is 9.90 Å². The van der Waals surface area contributed by atoms with Crippen LogP contribution in [0.1, 0.15) is 21.7 Å². The summed E-state index contributed by atoms with van der Waals surface area (Å²) in [5.41, 5.74) is 4.32. The molecule has 0 atom stereocenters. The van der Waals surface area contributed by atoms with E-state index < -0.39 is 5.97 Å². The normalized spacial score (nSPS) is 10.9. The highest BCUT2D eigenvalue weighted by Crippen LogP contribution is 2.22. The Balaban J connectivity index is 2.31. The van der Waals surface area contributed by atoms with E-state index in [-0.39, 0.29) is 5.69 Å². The quantitative estimate of drug-likeness (QED) is 0.775. The Kier molecular flexibility index (Phi) is 2.75. The molecule has 1 aromatic carbocycles. The summed E-state index contributed by atoms with van der Waals surface area (Å²) in [6, 6.07) is 11.4. The Labute approximate surface area is 115 Å². The van der Waals surface area contributed by atoms with Gasteiger partial charge in [-0.3, -0.25) is 0 Å². The smallest absolute Gasteiger partial charge is 0.356 e. The van der Waals surface area contributed by atoms with Gasteiger partial charge in [0, 0.05) is 17.3 Å². The van der Waals surface area contributed by atoms with Crippen molar-refractivity contribution in [3.63, 3.8) is 0 Å². The fourth-order valence-electron chi connectivity index (χ4n) is 2.21. The molecule has 0 bridgehead atoms. The fraction of sp³-hybridized carbons (Fsp3) is 0.133. The molecule has 20 heavy (non-hydrogen) atoms. The van der Waals surface area contributed by atoms with Crippen molar-refractivity contribution >= 4 is 11.6 Å². The molecule has 0 aliphatic carbocycles. The van der Waals surface area contributed by atoms with Gasteiger partial charge in [-0.25, -0.2) is 14.3 Å². The molecule has 0 aliphatic rings. The second-order valence-corrected chi connectivity index (χ2v) is 4.76. The van der Waals surface area contributed by atoms with Crippen LogP contribution in [-0.4, -0.2) is 25.7 Å². The van der Waals surface area contributed by atoms with E-state index in [9.17, 15) is 4.79 Å². The van der Waals surface area contributed by atoms with Crippen molar-refractivity contribution in [2.45, 2.75) is 13.8 Å². The molecule has 0 fully saturated rings. The minimum absolute atomic E-state index is 0.00277. The summed E-state index contributed by atoms with van der Waals surface area (Å²) in [5, 5.41) is 13.2. The van der Waals surface area contributed by atoms with Crippen molar-refractivity contribution in [2.24, 2.45) is 0 Å². The molecule has 3 aromatic rings. The third kappa shape index (κ3) is 2.03. The Morgan fingerprint density at radius 3 is 2.70 bits per heavy atom. The van der Waals surface area contributed by atoms with E-state index >= 15 is 0 Å². The number of nitrogens with zero attached hydrogens (tertiary/aromatic N) is 3. The monoisotopic (exact) mass is 267 g/mol. The highest BCUT2D eigenvalue weighted by molar-refractivity contribution is 5.87. The van der Waals surface area contributed by atoms with E-state index in [4.69, 9.17) is 5.11 Å². The molecular weight excluding hydrogens is 254 g/mol. The summed E-state index contributed by atoms with van der Waals surface area (Å²) in [6.07, 6.45) is 0. The molecule has 2 aromatic heterocycles. The topological polar surface area (TPSA) is 67.5 Å². The van der Waals surface area contributed by atoms with Gasteiger partial charge in [-0.2, -0.15) is 5.10 Å². The SMILES string of the molecule is Cc1cccc(-c2cc(C)nc3cc(C(=O)O)nn23)c1. The van der Waals surface area contributed by atoms with Crippen LogP contribution < -0.4 is 0 Å². The lowest BCUT2D eigenvalue weighted by molar-refractivity contribution is 0.0690. The molecule has 0 unspecified atom stereocenters. The number of rotatable bonds is 2. The number of fused-ring (bicyclic) bond motifs is 1. The van der Waals surface area contributed by atoms with Crippen LogP contribution in [-0.2, 0) is 0 Å². The van der Waals surface area contributed by atoms with Crippen molar-refractivity contribution in [3.05, 3.63) is 53.3 Å². The summed E-state index contributed by atoms with van der Waals surface area (Å²) in [4.78, 5) is 15.4. The number of aromatic nitrogens is 3. The first kappa shape index (κ1) is 12.3. The first-order valence-electron chi connectivity index (χ1n) is 6.22. The number of benzene rings is 1. The fourth-order valence-corrected chi connectivity index (χ4v) is 2.21. The summed E-state index contributed by atoms with van der Waals surface area (Å²) in [5.74, 6) is -1.05. The Bertz CT molecular complexity index is 821. The zero-order valence-corrected chi connectivity index (χ0v) is 11.2. The summed E-state index contributed by atoms with van der Waals surface area (Å²) < 4.78 is 1.57. The molecule has 3 rings (SSSR count). The van der Waals surface area contributed by atoms with Crippen LogP contribution in [0.5, 0.6) is 0 Å². The minimum atomic E-state index is -1.05. The lowest BCUT2D eigenvalue weighted by Crippen LogP contribution is -2.00. The Morgan fingerprint density at radius 1 is 1.20 bits per heavy atom. The predicted octanol–water partition coefficient (Wildman–Crippen LogP) is 2.71. The van der Waals surface area contributed by atoms with Crippen molar-refractivity contribution in [1.29, 1.82) is 0 Å². The maximum Gasteiger partial charge on any atom is 0.356 e. The molecule has 0 radical (unpaired) electrons. The van der Waals surface area contributed by atoms with Gasteiger partial charge in [0.05, 0.1) is 5.69 Å². The van der Waals surface area contributed by atoms with Gasteiger partial charge in [0.1, 0.15) is 0 Å². The van der Waals surface area contributed by atoms with Crippen molar-refractivity contribution in [1.82, 2.24) is 14.6 Å². The second kappa shape index (κ2) is 4.45. The van der Waals surface area contributed by atoms with Gasteiger partial charge < -0.3 is 5.11 Å². The summed E-state index contributed by atoms with van der Waals surface area (Å²) >= 11 is 0. The number of aromatic carboxylic acids is 1. The van der Waals surface area contributed by atoms with Crippen molar-refractivity contribution in [3.8, 4) is 11.3 Å². The van der Waals surface area contributed by atoms with Gasteiger partial charge in [0.2, 0.25) is 0 Å². The van der Waals surface area contributed by atoms with Crippen LogP contribution in [0.4, 0.5) is 0 Å². The number of aryl methyl sites for hydroxylation is 2. The first-order chi connectivity index (χ1) is 9.54. The molecule has 100 valence electrons. The van der Waals surface area contributed by atoms with E-state index in [2.05, 4.69) is 10.1 Å². The third-order valence-corrected chi connectivity index (χ3v) is 3.09. The highest BCUT2D eigenvalue weighted by Gasteiger charge is 2.13. The van der Waals surface area contributed by atoms with Gasteiger partial charge >= 0.3 is 5.97 Å². The van der Waals surface area contributed by atoms with E-state index in [1.807, 2.05) is 44.2 Å². The van der Waals surface area contributed by atoms with E-state index in [1.54, 1.807) is 4.52 Å². The van der Waals surface area contributed by atoms with Crippen molar-refractivity contribution in [2.75, 3.05) is 0 Å². The van der Waals surface area contributed by atoms with Gasteiger partial charge in [-0.05, 0) is 26.0 Å². The molecule has 0 amide bonds. The molecule has 2 heterocycles. The lowest BCUT2D eigenvalue weighted by atomic mass is 10.1. The third-order valence-electron chi connectivity index (χ3n) is 3.09. The van der Waals surface area contributed by atoms with Crippen LogP contribution in [0.2, 0.25) is 0 Å². The summed E-state index contributed by atoms with van der Waals surface area (Å²) in [7, 11) is 0. The highest BCUT2D eigenvalue weighted by atomic mass is 16.4. The number of carboxylic acids is 1. The predicted molar refractivity (Wildman–Crippen MR) is 74.9 cm³/mol. The molecule has 0 saturated heterocycles. The molecular formula is C15H13N3O2. The average Bonchev–Trinajstić information content (AvgIpc) is 2.81. The second-order valence-electron chi connectivity index (χ2n) is 4.76.